The number of amides is 2. The normalized spacial score (nSPS) is 11.6. The number of nitrogens with zero attached hydrogens (tertiary/aromatic N) is 1. The van der Waals surface area contributed by atoms with Gasteiger partial charge in [0, 0.05) is 30.3 Å². The summed E-state index contributed by atoms with van der Waals surface area (Å²) in [6, 6.07) is 11.4. The van der Waals surface area contributed by atoms with Gasteiger partial charge < -0.3 is 10.6 Å². The number of sulfonamides is 1. The SMILES string of the molecule is Cc1ccc(NS(=O)(=O)c2ccc(NC(=O)NCc3cccnc3)cc2)cc1C(F)(F)F. The number of nitrogens with one attached hydrogen (secondary N) is 3. The van der Waals surface area contributed by atoms with Gasteiger partial charge in [0.25, 0.3) is 10.0 Å². The van der Waals surface area contributed by atoms with E-state index in [-0.39, 0.29) is 22.7 Å². The van der Waals surface area contributed by atoms with Crippen molar-refractivity contribution >= 4 is 27.4 Å². The molecule has 3 N–H and O–H groups in total. The Morgan fingerprint density at radius 3 is 2.34 bits per heavy atom. The number of hydrogen-bond donors (Lipinski definition) is 3. The van der Waals surface area contributed by atoms with Gasteiger partial charge in [0.05, 0.1) is 10.5 Å². The van der Waals surface area contributed by atoms with Crippen LogP contribution in [0.4, 0.5) is 29.3 Å². The second-order valence-electron chi connectivity index (χ2n) is 6.83. The van der Waals surface area contributed by atoms with Crippen molar-refractivity contribution in [2.45, 2.75) is 24.5 Å². The minimum atomic E-state index is -4.60. The van der Waals surface area contributed by atoms with Crippen LogP contribution in [0, 0.1) is 6.92 Å². The number of anilines is 2. The van der Waals surface area contributed by atoms with Crippen LogP contribution in [-0.4, -0.2) is 19.4 Å². The average Bonchev–Trinajstić information content (AvgIpc) is 2.74. The second-order valence-corrected chi connectivity index (χ2v) is 8.51. The second kappa shape index (κ2) is 9.27. The Labute approximate surface area is 182 Å². The summed E-state index contributed by atoms with van der Waals surface area (Å²) in [5.41, 5.74) is -0.00517. The molecule has 0 fully saturated rings. The van der Waals surface area contributed by atoms with Gasteiger partial charge in [0.1, 0.15) is 0 Å². The smallest absolute Gasteiger partial charge is 0.334 e. The van der Waals surface area contributed by atoms with Crippen LogP contribution in [0.15, 0.2) is 71.9 Å². The van der Waals surface area contributed by atoms with Gasteiger partial charge in [-0.3, -0.25) is 9.71 Å². The molecule has 0 atom stereocenters. The number of carbonyl (C=O) groups is 1. The van der Waals surface area contributed by atoms with Gasteiger partial charge in [0.15, 0.2) is 0 Å². The molecule has 0 spiro atoms. The summed E-state index contributed by atoms with van der Waals surface area (Å²) in [6.07, 6.45) is -1.38. The molecule has 0 saturated heterocycles. The van der Waals surface area contributed by atoms with Crippen molar-refractivity contribution in [3.05, 3.63) is 83.7 Å². The number of aryl methyl sites for hydroxylation is 1. The Bertz CT molecular complexity index is 1200. The van der Waals surface area contributed by atoms with Crippen LogP contribution in [0.2, 0.25) is 0 Å². The average molecular weight is 464 g/mol. The third kappa shape index (κ3) is 5.97. The third-order valence-corrected chi connectivity index (χ3v) is 5.79. The summed E-state index contributed by atoms with van der Waals surface area (Å²) in [4.78, 5) is 15.8. The first kappa shape index (κ1) is 23.1. The van der Waals surface area contributed by atoms with E-state index >= 15 is 0 Å². The van der Waals surface area contributed by atoms with Crippen molar-refractivity contribution < 1.29 is 26.4 Å². The molecule has 0 aliphatic heterocycles. The zero-order valence-electron chi connectivity index (χ0n) is 16.8. The summed E-state index contributed by atoms with van der Waals surface area (Å²) in [5, 5.41) is 5.19. The highest BCUT2D eigenvalue weighted by Gasteiger charge is 2.32. The molecular weight excluding hydrogens is 445 g/mol. The highest BCUT2D eigenvalue weighted by Crippen LogP contribution is 2.34. The van der Waals surface area contributed by atoms with Gasteiger partial charge in [-0.1, -0.05) is 12.1 Å². The van der Waals surface area contributed by atoms with E-state index in [1.165, 1.54) is 43.3 Å². The van der Waals surface area contributed by atoms with E-state index in [1.807, 2.05) is 0 Å². The molecular formula is C21H19F3N4O3S. The van der Waals surface area contributed by atoms with Crippen LogP contribution in [0.1, 0.15) is 16.7 Å². The monoisotopic (exact) mass is 464 g/mol. The molecule has 0 aliphatic carbocycles. The summed E-state index contributed by atoms with van der Waals surface area (Å²) in [5.74, 6) is 0. The molecule has 11 heteroatoms. The fourth-order valence-electron chi connectivity index (χ4n) is 2.78. The largest absolute Gasteiger partial charge is 0.416 e. The lowest BCUT2D eigenvalue weighted by atomic mass is 10.1. The molecule has 7 nitrogen and oxygen atoms in total. The van der Waals surface area contributed by atoms with Crippen molar-refractivity contribution in [2.24, 2.45) is 0 Å². The molecule has 2 aromatic carbocycles. The number of benzene rings is 2. The minimum Gasteiger partial charge on any atom is -0.334 e. The van der Waals surface area contributed by atoms with E-state index in [2.05, 4.69) is 20.3 Å². The van der Waals surface area contributed by atoms with Gasteiger partial charge in [-0.25, -0.2) is 13.2 Å². The lowest BCUT2D eigenvalue weighted by Crippen LogP contribution is -2.28. The van der Waals surface area contributed by atoms with E-state index in [0.29, 0.717) is 5.69 Å². The van der Waals surface area contributed by atoms with Crippen LogP contribution < -0.4 is 15.4 Å². The molecule has 1 heterocycles. The van der Waals surface area contributed by atoms with Crippen LogP contribution in [0.5, 0.6) is 0 Å². The number of alkyl halides is 3. The molecule has 2 amide bonds. The summed E-state index contributed by atoms with van der Waals surface area (Å²) in [6.45, 7) is 1.55. The molecule has 0 aliphatic rings. The maximum atomic E-state index is 13.1. The Balaban J connectivity index is 1.65. The molecule has 0 saturated carbocycles. The Morgan fingerprint density at radius 1 is 1.03 bits per heavy atom. The fourth-order valence-corrected chi connectivity index (χ4v) is 3.83. The fraction of sp³-hybridized carbons (Fsp3) is 0.143. The molecule has 0 radical (unpaired) electrons. The lowest BCUT2D eigenvalue weighted by Gasteiger charge is -2.14. The quantitative estimate of drug-likeness (QED) is 0.499. The van der Waals surface area contributed by atoms with Crippen molar-refractivity contribution in [1.82, 2.24) is 10.3 Å². The molecule has 3 rings (SSSR count). The molecule has 0 bridgehead atoms. The van der Waals surface area contributed by atoms with Crippen molar-refractivity contribution in [3.63, 3.8) is 0 Å². The van der Waals surface area contributed by atoms with E-state index < -0.39 is 27.8 Å². The number of aromatic nitrogens is 1. The Morgan fingerprint density at radius 2 is 1.72 bits per heavy atom. The molecule has 0 unspecified atom stereocenters. The van der Waals surface area contributed by atoms with Crippen molar-refractivity contribution in [1.29, 1.82) is 0 Å². The summed E-state index contributed by atoms with van der Waals surface area (Å²) in [7, 11) is -4.13. The number of rotatable bonds is 6. The zero-order valence-corrected chi connectivity index (χ0v) is 17.6. The number of urea groups is 1. The third-order valence-electron chi connectivity index (χ3n) is 4.39. The molecule has 1 aromatic heterocycles. The predicted octanol–water partition coefficient (Wildman–Crippen LogP) is 4.53. The zero-order chi connectivity index (χ0) is 23.4. The summed E-state index contributed by atoms with van der Waals surface area (Å²) < 4.78 is 66.4. The number of hydrogen-bond acceptors (Lipinski definition) is 4. The van der Waals surface area contributed by atoms with Crippen molar-refractivity contribution in [2.75, 3.05) is 10.0 Å². The highest BCUT2D eigenvalue weighted by atomic mass is 32.2. The number of carbonyl (C=O) groups excluding carboxylic acids is 1. The topological polar surface area (TPSA) is 100 Å². The van der Waals surface area contributed by atoms with Crippen LogP contribution >= 0.6 is 0 Å². The van der Waals surface area contributed by atoms with Crippen LogP contribution in [0.25, 0.3) is 0 Å². The molecule has 32 heavy (non-hydrogen) atoms. The standard InChI is InChI=1S/C21H19F3N4O3S/c1-14-4-5-17(11-19(14)21(22,23)24)28-32(30,31)18-8-6-16(7-9-18)27-20(29)26-13-15-3-2-10-25-12-15/h2-12,28H,13H2,1H3,(H2,26,27,29). The van der Waals surface area contributed by atoms with Crippen LogP contribution in [0.3, 0.4) is 0 Å². The summed E-state index contributed by atoms with van der Waals surface area (Å²) >= 11 is 0. The van der Waals surface area contributed by atoms with Gasteiger partial charge >= 0.3 is 12.2 Å². The van der Waals surface area contributed by atoms with Gasteiger partial charge in [-0.05, 0) is 60.5 Å². The molecule has 3 aromatic rings. The Kier molecular flexibility index (Phi) is 6.68. The Hall–Kier alpha value is -3.60. The van der Waals surface area contributed by atoms with Crippen LogP contribution in [-0.2, 0) is 22.7 Å². The lowest BCUT2D eigenvalue weighted by molar-refractivity contribution is -0.138. The maximum Gasteiger partial charge on any atom is 0.416 e. The van der Waals surface area contributed by atoms with E-state index in [1.54, 1.807) is 24.5 Å². The number of halogens is 3. The first-order valence-electron chi connectivity index (χ1n) is 9.29. The van der Waals surface area contributed by atoms with E-state index in [9.17, 15) is 26.4 Å². The minimum absolute atomic E-state index is 0.0160. The van der Waals surface area contributed by atoms with Gasteiger partial charge in [-0.2, -0.15) is 13.2 Å². The highest BCUT2D eigenvalue weighted by molar-refractivity contribution is 7.92. The number of pyridine rings is 1. The van der Waals surface area contributed by atoms with Crippen molar-refractivity contribution in [3.8, 4) is 0 Å². The predicted molar refractivity (Wildman–Crippen MR) is 114 cm³/mol. The van der Waals surface area contributed by atoms with Gasteiger partial charge in [-0.15, -0.1) is 0 Å². The van der Waals surface area contributed by atoms with E-state index in [0.717, 1.165) is 11.6 Å². The van der Waals surface area contributed by atoms with Gasteiger partial charge in [0.2, 0.25) is 0 Å². The maximum absolute atomic E-state index is 13.1. The first-order valence-corrected chi connectivity index (χ1v) is 10.8. The van der Waals surface area contributed by atoms with E-state index in [4.69, 9.17) is 0 Å². The first-order chi connectivity index (χ1) is 15.0. The molecule has 168 valence electrons.